The zero-order valence-corrected chi connectivity index (χ0v) is 7.23. The van der Waals surface area contributed by atoms with E-state index in [1.54, 1.807) is 24.5 Å². The summed E-state index contributed by atoms with van der Waals surface area (Å²) in [5.74, 6) is 5.75. The number of nitrogens with two attached hydrogens (primary N) is 1. The molecule has 0 saturated heterocycles. The summed E-state index contributed by atoms with van der Waals surface area (Å²) in [6.07, 6.45) is 3.31. The summed E-state index contributed by atoms with van der Waals surface area (Å²) in [4.78, 5) is 7.96. The lowest BCUT2D eigenvalue weighted by Gasteiger charge is -2.03. The van der Waals surface area contributed by atoms with Gasteiger partial charge in [0.2, 0.25) is 0 Å². The van der Waals surface area contributed by atoms with E-state index in [2.05, 4.69) is 15.4 Å². The van der Waals surface area contributed by atoms with Crippen molar-refractivity contribution in [1.82, 2.24) is 9.97 Å². The topological polar surface area (TPSA) is 87.6 Å². The number of nitrogen functional groups attached to an aromatic ring is 1. The SMILES string of the molecule is N#Cc1cc2ccncc2c(NN)n1. The summed E-state index contributed by atoms with van der Waals surface area (Å²) in [6.45, 7) is 0. The standard InChI is InChI=1S/C9H7N5/c10-4-7-3-6-1-2-12-5-8(6)9(13-7)14-11/h1-3,5H,11H2,(H,13,14). The van der Waals surface area contributed by atoms with E-state index in [0.29, 0.717) is 11.5 Å². The quantitative estimate of drug-likeness (QED) is 0.506. The molecule has 0 saturated carbocycles. The molecule has 0 radical (unpaired) electrons. The Bertz CT molecular complexity index is 514. The van der Waals surface area contributed by atoms with Gasteiger partial charge >= 0.3 is 0 Å². The number of anilines is 1. The molecular formula is C9H7N5. The largest absolute Gasteiger partial charge is 0.308 e. The van der Waals surface area contributed by atoms with E-state index in [9.17, 15) is 0 Å². The molecule has 0 spiro atoms. The fourth-order valence-electron chi connectivity index (χ4n) is 1.26. The number of pyridine rings is 2. The fraction of sp³-hybridized carbons (Fsp3) is 0. The summed E-state index contributed by atoms with van der Waals surface area (Å²) < 4.78 is 0. The maximum atomic E-state index is 8.72. The minimum absolute atomic E-state index is 0.330. The molecule has 2 aromatic heterocycles. The smallest absolute Gasteiger partial charge is 0.150 e. The number of aromatic nitrogens is 2. The summed E-state index contributed by atoms with van der Waals surface area (Å²) in [6, 6.07) is 5.46. The molecule has 68 valence electrons. The van der Waals surface area contributed by atoms with Gasteiger partial charge in [-0.1, -0.05) is 0 Å². The fourth-order valence-corrected chi connectivity index (χ4v) is 1.26. The average molecular weight is 185 g/mol. The molecule has 0 aromatic carbocycles. The van der Waals surface area contributed by atoms with Crippen LogP contribution in [-0.2, 0) is 0 Å². The highest BCUT2D eigenvalue weighted by atomic mass is 15.2. The van der Waals surface area contributed by atoms with Crippen molar-refractivity contribution in [3.8, 4) is 6.07 Å². The molecule has 3 N–H and O–H groups in total. The maximum absolute atomic E-state index is 8.72. The van der Waals surface area contributed by atoms with Crippen LogP contribution in [0.5, 0.6) is 0 Å². The first-order valence-corrected chi connectivity index (χ1v) is 3.96. The van der Waals surface area contributed by atoms with Crippen molar-refractivity contribution in [1.29, 1.82) is 5.26 Å². The number of hydrogen-bond acceptors (Lipinski definition) is 5. The van der Waals surface area contributed by atoms with Crippen LogP contribution in [0.25, 0.3) is 10.8 Å². The molecule has 0 atom stereocenters. The Hall–Kier alpha value is -2.19. The van der Waals surface area contributed by atoms with Gasteiger partial charge < -0.3 is 5.43 Å². The average Bonchev–Trinajstić information content (AvgIpc) is 2.27. The number of nitriles is 1. The molecule has 0 fully saturated rings. The minimum Gasteiger partial charge on any atom is -0.308 e. The van der Waals surface area contributed by atoms with Crippen molar-refractivity contribution in [2.75, 3.05) is 5.43 Å². The van der Waals surface area contributed by atoms with Crippen LogP contribution in [0, 0.1) is 11.3 Å². The highest BCUT2D eigenvalue weighted by molar-refractivity contribution is 5.91. The van der Waals surface area contributed by atoms with Crippen LogP contribution >= 0.6 is 0 Å². The van der Waals surface area contributed by atoms with Gasteiger partial charge in [0, 0.05) is 17.8 Å². The predicted molar refractivity (Wildman–Crippen MR) is 52.1 cm³/mol. The van der Waals surface area contributed by atoms with E-state index < -0.39 is 0 Å². The van der Waals surface area contributed by atoms with E-state index in [1.807, 2.05) is 6.07 Å². The molecule has 0 aliphatic carbocycles. The summed E-state index contributed by atoms with van der Waals surface area (Å²) in [5, 5.41) is 10.4. The van der Waals surface area contributed by atoms with Gasteiger partial charge in [0.15, 0.2) is 5.82 Å². The van der Waals surface area contributed by atoms with Gasteiger partial charge in [0.05, 0.1) is 0 Å². The Kier molecular flexibility index (Phi) is 1.97. The number of hydrogen-bond donors (Lipinski definition) is 2. The van der Waals surface area contributed by atoms with E-state index in [4.69, 9.17) is 11.1 Å². The van der Waals surface area contributed by atoms with Gasteiger partial charge in [-0.05, 0) is 17.5 Å². The van der Waals surface area contributed by atoms with Gasteiger partial charge in [-0.25, -0.2) is 10.8 Å². The van der Waals surface area contributed by atoms with Crippen molar-refractivity contribution in [3.05, 3.63) is 30.2 Å². The first-order chi connectivity index (χ1) is 6.85. The molecule has 2 rings (SSSR count). The van der Waals surface area contributed by atoms with Crippen LogP contribution < -0.4 is 11.3 Å². The molecular weight excluding hydrogens is 178 g/mol. The second-order valence-corrected chi connectivity index (χ2v) is 2.71. The molecule has 0 aliphatic heterocycles. The van der Waals surface area contributed by atoms with Crippen molar-refractivity contribution in [2.45, 2.75) is 0 Å². The summed E-state index contributed by atoms with van der Waals surface area (Å²) >= 11 is 0. The second-order valence-electron chi connectivity index (χ2n) is 2.71. The van der Waals surface area contributed by atoms with Crippen molar-refractivity contribution in [3.63, 3.8) is 0 Å². The van der Waals surface area contributed by atoms with Crippen LogP contribution in [0.3, 0.4) is 0 Å². The minimum atomic E-state index is 0.330. The second kappa shape index (κ2) is 3.28. The Morgan fingerprint density at radius 2 is 2.36 bits per heavy atom. The Labute approximate surface area is 80.2 Å². The van der Waals surface area contributed by atoms with Gasteiger partial charge in [-0.3, -0.25) is 4.98 Å². The highest BCUT2D eigenvalue weighted by Crippen LogP contribution is 2.20. The Morgan fingerprint density at radius 1 is 1.50 bits per heavy atom. The molecule has 5 nitrogen and oxygen atoms in total. The van der Waals surface area contributed by atoms with Crippen molar-refractivity contribution in [2.24, 2.45) is 5.84 Å². The zero-order chi connectivity index (χ0) is 9.97. The summed E-state index contributed by atoms with van der Waals surface area (Å²) in [7, 11) is 0. The Balaban J connectivity index is 2.81. The third-order valence-electron chi connectivity index (χ3n) is 1.89. The first kappa shape index (κ1) is 8.41. The van der Waals surface area contributed by atoms with Crippen LogP contribution in [0.15, 0.2) is 24.5 Å². The summed E-state index contributed by atoms with van der Waals surface area (Å²) in [5.41, 5.74) is 2.77. The molecule has 0 bridgehead atoms. The van der Waals surface area contributed by atoms with E-state index in [1.165, 1.54) is 0 Å². The van der Waals surface area contributed by atoms with E-state index >= 15 is 0 Å². The van der Waals surface area contributed by atoms with Gasteiger partial charge in [-0.2, -0.15) is 5.26 Å². The maximum Gasteiger partial charge on any atom is 0.150 e. The van der Waals surface area contributed by atoms with Gasteiger partial charge in [0.1, 0.15) is 11.8 Å². The molecule has 0 unspecified atom stereocenters. The van der Waals surface area contributed by atoms with Gasteiger partial charge in [0.25, 0.3) is 0 Å². The lowest BCUT2D eigenvalue weighted by Crippen LogP contribution is -2.09. The third-order valence-corrected chi connectivity index (χ3v) is 1.89. The van der Waals surface area contributed by atoms with Crippen LogP contribution in [0.1, 0.15) is 5.69 Å². The number of rotatable bonds is 1. The third kappa shape index (κ3) is 1.24. The lowest BCUT2D eigenvalue weighted by molar-refractivity contribution is 1.21. The highest BCUT2D eigenvalue weighted by Gasteiger charge is 2.03. The molecule has 5 heteroatoms. The van der Waals surface area contributed by atoms with Crippen molar-refractivity contribution >= 4 is 16.6 Å². The normalized spacial score (nSPS) is 9.71. The molecule has 2 heterocycles. The number of hydrazine groups is 1. The lowest BCUT2D eigenvalue weighted by atomic mass is 10.2. The van der Waals surface area contributed by atoms with Crippen LogP contribution in [0.2, 0.25) is 0 Å². The molecule has 2 aromatic rings. The van der Waals surface area contributed by atoms with Gasteiger partial charge in [-0.15, -0.1) is 0 Å². The van der Waals surface area contributed by atoms with Crippen LogP contribution in [0.4, 0.5) is 5.82 Å². The predicted octanol–water partition coefficient (Wildman–Crippen LogP) is 0.787. The van der Waals surface area contributed by atoms with E-state index in [0.717, 1.165) is 10.8 Å². The van der Waals surface area contributed by atoms with Crippen molar-refractivity contribution < 1.29 is 0 Å². The monoisotopic (exact) mass is 185 g/mol. The number of fused-ring (bicyclic) bond motifs is 1. The number of nitrogens with one attached hydrogen (secondary N) is 1. The van der Waals surface area contributed by atoms with Crippen LogP contribution in [-0.4, -0.2) is 9.97 Å². The molecule has 0 aliphatic rings. The molecule has 14 heavy (non-hydrogen) atoms. The molecule has 0 amide bonds. The van der Waals surface area contributed by atoms with E-state index in [-0.39, 0.29) is 0 Å². The Morgan fingerprint density at radius 3 is 3.07 bits per heavy atom. The zero-order valence-electron chi connectivity index (χ0n) is 7.23. The number of nitrogens with zero attached hydrogens (tertiary/aromatic N) is 3. The first-order valence-electron chi connectivity index (χ1n) is 3.96.